The summed E-state index contributed by atoms with van der Waals surface area (Å²) in [6.45, 7) is -0.0519. The van der Waals surface area contributed by atoms with Gasteiger partial charge in [-0.15, -0.1) is 0 Å². The van der Waals surface area contributed by atoms with Gasteiger partial charge >= 0.3 is 6.18 Å². The molecule has 0 radical (unpaired) electrons. The number of nitrogens with zero attached hydrogens (tertiary/aromatic N) is 2. The van der Waals surface area contributed by atoms with Crippen molar-refractivity contribution in [1.82, 2.24) is 14.8 Å². The van der Waals surface area contributed by atoms with Crippen LogP contribution in [0.5, 0.6) is 11.6 Å². The molecule has 0 bridgehead atoms. The van der Waals surface area contributed by atoms with Crippen molar-refractivity contribution in [3.8, 4) is 11.6 Å². The van der Waals surface area contributed by atoms with E-state index in [4.69, 9.17) is 16.3 Å². The van der Waals surface area contributed by atoms with Crippen LogP contribution in [-0.4, -0.2) is 42.2 Å². The SMILES string of the molecule is O=C1[C@H](NS(=O)(=O)c2ccc(Oc3ncc(C(F)(F)F)cc3Cl)cc2)CC=CCN1O. The van der Waals surface area contributed by atoms with E-state index in [1.165, 1.54) is 30.3 Å². The minimum atomic E-state index is -4.61. The number of ether oxygens (including phenoxy) is 1. The molecule has 1 aromatic carbocycles. The maximum atomic E-state index is 12.7. The quantitative estimate of drug-likeness (QED) is 0.505. The summed E-state index contributed by atoms with van der Waals surface area (Å²) < 4.78 is 70.7. The molecule has 1 aliphatic rings. The predicted octanol–water partition coefficient (Wildman–Crippen LogP) is 3.37. The maximum Gasteiger partial charge on any atom is 0.417 e. The molecule has 1 aliphatic heterocycles. The molecule has 2 aromatic rings. The van der Waals surface area contributed by atoms with Crippen molar-refractivity contribution in [2.75, 3.05) is 6.54 Å². The number of alkyl halides is 3. The highest BCUT2D eigenvalue weighted by atomic mass is 35.5. The molecular weight excluding hydrogens is 463 g/mol. The molecule has 3 rings (SSSR count). The Morgan fingerprint density at radius 3 is 2.52 bits per heavy atom. The van der Waals surface area contributed by atoms with Gasteiger partial charge in [-0.2, -0.15) is 17.9 Å². The zero-order valence-electron chi connectivity index (χ0n) is 15.5. The minimum Gasteiger partial charge on any atom is -0.438 e. The molecular formula is C18H15ClF3N3O5S. The van der Waals surface area contributed by atoms with E-state index >= 15 is 0 Å². The van der Waals surface area contributed by atoms with Gasteiger partial charge in [-0.25, -0.2) is 18.5 Å². The summed E-state index contributed by atoms with van der Waals surface area (Å²) in [6.07, 6.45) is -0.890. The molecule has 8 nitrogen and oxygen atoms in total. The van der Waals surface area contributed by atoms with E-state index in [0.717, 1.165) is 0 Å². The smallest absolute Gasteiger partial charge is 0.417 e. The van der Waals surface area contributed by atoms with E-state index < -0.39 is 33.7 Å². The molecule has 31 heavy (non-hydrogen) atoms. The topological polar surface area (TPSA) is 109 Å². The highest BCUT2D eigenvalue weighted by Crippen LogP contribution is 2.34. The van der Waals surface area contributed by atoms with Crippen molar-refractivity contribution in [3.63, 3.8) is 0 Å². The molecule has 0 fully saturated rings. The van der Waals surface area contributed by atoms with Crippen molar-refractivity contribution in [2.45, 2.75) is 23.5 Å². The average molecular weight is 478 g/mol. The molecule has 13 heteroatoms. The van der Waals surface area contributed by atoms with Gasteiger partial charge in [-0.1, -0.05) is 23.8 Å². The van der Waals surface area contributed by atoms with Crippen molar-refractivity contribution in [1.29, 1.82) is 0 Å². The Hall–Kier alpha value is -2.67. The lowest BCUT2D eigenvalue weighted by atomic mass is 10.2. The van der Waals surface area contributed by atoms with Crippen LogP contribution in [-0.2, 0) is 21.0 Å². The first-order valence-corrected chi connectivity index (χ1v) is 10.5. The van der Waals surface area contributed by atoms with Gasteiger partial charge in [-0.05, 0) is 36.8 Å². The number of halogens is 4. The third-order valence-electron chi connectivity index (χ3n) is 4.15. The van der Waals surface area contributed by atoms with Gasteiger partial charge < -0.3 is 4.74 Å². The molecule has 1 amide bonds. The van der Waals surface area contributed by atoms with E-state index in [-0.39, 0.29) is 34.5 Å². The van der Waals surface area contributed by atoms with Crippen LogP contribution in [0.1, 0.15) is 12.0 Å². The third kappa shape index (κ3) is 5.53. The second-order valence-electron chi connectivity index (χ2n) is 6.38. The fourth-order valence-corrected chi connectivity index (χ4v) is 3.99. The van der Waals surface area contributed by atoms with Crippen LogP contribution in [0.2, 0.25) is 5.02 Å². The van der Waals surface area contributed by atoms with Crippen LogP contribution in [0.3, 0.4) is 0 Å². The second kappa shape index (κ2) is 8.83. The molecule has 0 unspecified atom stereocenters. The Morgan fingerprint density at radius 2 is 1.90 bits per heavy atom. The maximum absolute atomic E-state index is 12.7. The molecule has 2 N–H and O–H groups in total. The number of aromatic nitrogens is 1. The molecule has 0 aliphatic carbocycles. The first-order chi connectivity index (χ1) is 14.5. The van der Waals surface area contributed by atoms with Crippen LogP contribution in [0.15, 0.2) is 53.6 Å². The number of rotatable bonds is 5. The van der Waals surface area contributed by atoms with Gasteiger partial charge in [0.15, 0.2) is 0 Å². The lowest BCUT2D eigenvalue weighted by Gasteiger charge is -2.19. The summed E-state index contributed by atoms with van der Waals surface area (Å²) in [5.41, 5.74) is -1.04. The van der Waals surface area contributed by atoms with Gasteiger partial charge in [0.25, 0.3) is 5.91 Å². The summed E-state index contributed by atoms with van der Waals surface area (Å²) in [7, 11) is -4.12. The van der Waals surface area contributed by atoms with E-state index in [1.54, 1.807) is 6.08 Å². The summed E-state index contributed by atoms with van der Waals surface area (Å²) in [4.78, 5) is 15.4. The number of hydrogen-bond acceptors (Lipinski definition) is 6. The Balaban J connectivity index is 1.74. The van der Waals surface area contributed by atoms with Crippen molar-refractivity contribution >= 4 is 27.5 Å². The highest BCUT2D eigenvalue weighted by Gasteiger charge is 2.32. The Labute approximate surface area is 179 Å². The van der Waals surface area contributed by atoms with E-state index in [9.17, 15) is 31.6 Å². The van der Waals surface area contributed by atoms with Gasteiger partial charge in [0.2, 0.25) is 15.9 Å². The largest absolute Gasteiger partial charge is 0.438 e. The zero-order chi connectivity index (χ0) is 22.8. The predicted molar refractivity (Wildman–Crippen MR) is 102 cm³/mol. The summed E-state index contributed by atoms with van der Waals surface area (Å²) in [5.74, 6) is -1.01. The lowest BCUT2D eigenvalue weighted by Crippen LogP contribution is -2.46. The molecule has 1 atom stereocenters. The monoisotopic (exact) mass is 477 g/mol. The van der Waals surface area contributed by atoms with E-state index in [1.807, 2.05) is 0 Å². The Kier molecular flexibility index (Phi) is 6.55. The van der Waals surface area contributed by atoms with Gasteiger partial charge in [0.1, 0.15) is 16.8 Å². The Morgan fingerprint density at radius 1 is 1.23 bits per heavy atom. The highest BCUT2D eigenvalue weighted by molar-refractivity contribution is 7.89. The number of pyridine rings is 1. The van der Waals surface area contributed by atoms with E-state index in [2.05, 4.69) is 9.71 Å². The molecule has 0 saturated heterocycles. The second-order valence-corrected chi connectivity index (χ2v) is 8.50. The van der Waals surface area contributed by atoms with Crippen LogP contribution in [0.25, 0.3) is 0 Å². The fourth-order valence-electron chi connectivity index (χ4n) is 2.59. The Bertz CT molecular complexity index is 1110. The number of sulfonamides is 1. The third-order valence-corrected chi connectivity index (χ3v) is 5.91. The van der Waals surface area contributed by atoms with Crippen LogP contribution >= 0.6 is 11.6 Å². The number of carbonyl (C=O) groups is 1. The first-order valence-electron chi connectivity index (χ1n) is 8.65. The molecule has 0 saturated carbocycles. The standard InChI is InChI=1S/C18H15ClF3N3O5S/c19-14-9-11(18(20,21)22)10-23-16(14)30-12-4-6-13(7-5-12)31(28,29)24-15-3-1-2-8-25(27)17(15)26/h1-2,4-7,9-10,15,24,27H,3,8H2/t15-/m1/s1. The zero-order valence-corrected chi connectivity index (χ0v) is 17.1. The number of hydroxylamine groups is 2. The fraction of sp³-hybridized carbons (Fsp3) is 0.222. The number of benzene rings is 1. The summed E-state index contributed by atoms with van der Waals surface area (Å²) >= 11 is 5.78. The molecule has 166 valence electrons. The van der Waals surface area contributed by atoms with Crippen LogP contribution < -0.4 is 9.46 Å². The number of carbonyl (C=O) groups excluding carboxylic acids is 1. The summed E-state index contributed by atoms with van der Waals surface area (Å²) in [5, 5.41) is 9.60. The number of hydrogen-bond donors (Lipinski definition) is 2. The van der Waals surface area contributed by atoms with Crippen LogP contribution in [0, 0.1) is 0 Å². The summed E-state index contributed by atoms with van der Waals surface area (Å²) in [6, 6.07) is 4.32. The first kappa shape index (κ1) is 23.0. The average Bonchev–Trinajstić information content (AvgIpc) is 2.84. The van der Waals surface area contributed by atoms with Gasteiger partial charge in [-0.3, -0.25) is 10.0 Å². The van der Waals surface area contributed by atoms with Gasteiger partial charge in [0, 0.05) is 6.20 Å². The van der Waals surface area contributed by atoms with Crippen molar-refractivity contribution in [3.05, 3.63) is 59.3 Å². The van der Waals surface area contributed by atoms with E-state index in [0.29, 0.717) is 17.3 Å². The minimum absolute atomic E-state index is 0.0519. The molecule has 1 aromatic heterocycles. The van der Waals surface area contributed by atoms with Crippen molar-refractivity contribution in [2.24, 2.45) is 0 Å². The lowest BCUT2D eigenvalue weighted by molar-refractivity contribution is -0.164. The van der Waals surface area contributed by atoms with Crippen molar-refractivity contribution < 1.29 is 36.3 Å². The van der Waals surface area contributed by atoms with Crippen LogP contribution in [0.4, 0.5) is 13.2 Å². The number of amides is 1. The number of nitrogens with one attached hydrogen (secondary N) is 1. The van der Waals surface area contributed by atoms with Gasteiger partial charge in [0.05, 0.1) is 17.0 Å². The molecule has 0 spiro atoms. The molecule has 2 heterocycles. The normalized spacial score (nSPS) is 17.5.